The van der Waals surface area contributed by atoms with Gasteiger partial charge in [-0.1, -0.05) is 41.9 Å². The fourth-order valence-corrected chi connectivity index (χ4v) is 4.58. The van der Waals surface area contributed by atoms with Gasteiger partial charge in [-0.2, -0.15) is 0 Å². The average Bonchev–Trinajstić information content (AvgIpc) is 3.20. The van der Waals surface area contributed by atoms with Crippen LogP contribution >= 0.6 is 11.6 Å². The summed E-state index contributed by atoms with van der Waals surface area (Å²) in [4.78, 5) is 32.3. The molecule has 164 valence electrons. The molecule has 0 saturated carbocycles. The van der Waals surface area contributed by atoms with Crippen LogP contribution in [0.3, 0.4) is 0 Å². The second kappa shape index (κ2) is 8.96. The maximum Gasteiger partial charge on any atom is 0.259 e. The largest absolute Gasteiger partial charge is 0.372 e. The van der Waals surface area contributed by atoms with Crippen molar-refractivity contribution in [2.24, 2.45) is 5.73 Å². The van der Waals surface area contributed by atoms with E-state index in [9.17, 15) is 14.0 Å². The van der Waals surface area contributed by atoms with Gasteiger partial charge in [0.1, 0.15) is 17.7 Å². The Kier molecular flexibility index (Phi) is 6.10. The molecule has 2 amide bonds. The Labute approximate surface area is 190 Å². The van der Waals surface area contributed by atoms with Crippen molar-refractivity contribution in [3.8, 4) is 0 Å². The summed E-state index contributed by atoms with van der Waals surface area (Å²) in [5, 5.41) is 3.14. The molecule has 1 aliphatic rings. The molecule has 3 N–H and O–H groups in total. The number of pyridine rings is 1. The first-order valence-corrected chi connectivity index (χ1v) is 10.6. The van der Waals surface area contributed by atoms with E-state index in [1.807, 2.05) is 6.07 Å². The van der Waals surface area contributed by atoms with Crippen LogP contribution in [0.4, 0.5) is 10.2 Å². The minimum absolute atomic E-state index is 0.230. The third kappa shape index (κ3) is 3.91. The second-order valence-corrected chi connectivity index (χ2v) is 8.02. The molecule has 0 spiro atoms. The number of amides is 2. The molecule has 0 unspecified atom stereocenters. The summed E-state index contributed by atoms with van der Waals surface area (Å²) >= 11 is 6.15. The van der Waals surface area contributed by atoms with Gasteiger partial charge in [-0.15, -0.1) is 0 Å². The number of hydrogen-bond donors (Lipinski definition) is 2. The SMILES string of the molecule is CNc1ncccc1C(=O)N([C@@H]1CCc2c(F)cc(Cl)cc21)[C@H](C(N)=O)c1ccccc1. The zero-order chi connectivity index (χ0) is 22.8. The lowest BCUT2D eigenvalue weighted by atomic mass is 9.98. The Morgan fingerprint density at radius 2 is 1.97 bits per heavy atom. The number of hydrogen-bond acceptors (Lipinski definition) is 4. The monoisotopic (exact) mass is 452 g/mol. The number of rotatable bonds is 6. The molecule has 0 aliphatic heterocycles. The number of halogens is 2. The van der Waals surface area contributed by atoms with Crippen molar-refractivity contribution in [2.45, 2.75) is 24.9 Å². The maximum absolute atomic E-state index is 14.6. The highest BCUT2D eigenvalue weighted by atomic mass is 35.5. The molecule has 1 heterocycles. The Morgan fingerprint density at radius 1 is 1.22 bits per heavy atom. The second-order valence-electron chi connectivity index (χ2n) is 7.59. The van der Waals surface area contributed by atoms with Crippen LogP contribution < -0.4 is 11.1 Å². The summed E-state index contributed by atoms with van der Waals surface area (Å²) in [6.45, 7) is 0. The van der Waals surface area contributed by atoms with Gasteiger partial charge < -0.3 is 16.0 Å². The third-order valence-electron chi connectivity index (χ3n) is 5.73. The highest BCUT2D eigenvalue weighted by molar-refractivity contribution is 6.30. The first-order valence-electron chi connectivity index (χ1n) is 10.2. The quantitative estimate of drug-likeness (QED) is 0.584. The van der Waals surface area contributed by atoms with Crippen molar-refractivity contribution in [1.29, 1.82) is 0 Å². The standard InChI is InChI=1S/C24H22ClFN4O2/c1-28-23-17(8-5-11-29-23)24(32)30(21(22(27)31)14-6-3-2-4-7-14)20-10-9-16-18(20)12-15(25)13-19(16)26/h2-8,11-13,20-21H,9-10H2,1H3,(H2,27,31)(H,28,29)/t20-,21+/m1/s1. The summed E-state index contributed by atoms with van der Waals surface area (Å²) in [6.07, 6.45) is 2.42. The van der Waals surface area contributed by atoms with E-state index in [-0.39, 0.29) is 10.6 Å². The van der Waals surface area contributed by atoms with E-state index in [0.29, 0.717) is 35.3 Å². The number of aromatic nitrogens is 1. The van der Waals surface area contributed by atoms with Gasteiger partial charge in [0.05, 0.1) is 11.6 Å². The predicted octanol–water partition coefficient (Wildman–Crippen LogP) is 4.27. The van der Waals surface area contributed by atoms with Gasteiger partial charge in [0.25, 0.3) is 5.91 Å². The van der Waals surface area contributed by atoms with E-state index in [1.165, 1.54) is 11.0 Å². The molecule has 0 fully saturated rings. The van der Waals surface area contributed by atoms with Gasteiger partial charge in [-0.3, -0.25) is 9.59 Å². The van der Waals surface area contributed by atoms with E-state index in [2.05, 4.69) is 10.3 Å². The van der Waals surface area contributed by atoms with Crippen molar-refractivity contribution >= 4 is 29.2 Å². The number of benzene rings is 2. The van der Waals surface area contributed by atoms with Crippen LogP contribution in [-0.4, -0.2) is 28.7 Å². The number of fused-ring (bicyclic) bond motifs is 1. The lowest BCUT2D eigenvalue weighted by molar-refractivity contribution is -0.123. The molecule has 8 heteroatoms. The van der Waals surface area contributed by atoms with Gasteiger partial charge >= 0.3 is 0 Å². The predicted molar refractivity (Wildman–Crippen MR) is 121 cm³/mol. The van der Waals surface area contributed by atoms with Crippen molar-refractivity contribution in [2.75, 3.05) is 12.4 Å². The van der Waals surface area contributed by atoms with Gasteiger partial charge in [-0.05, 0) is 53.8 Å². The number of nitrogens with one attached hydrogen (secondary N) is 1. The van der Waals surface area contributed by atoms with Crippen molar-refractivity contribution in [1.82, 2.24) is 9.88 Å². The van der Waals surface area contributed by atoms with E-state index < -0.39 is 29.7 Å². The Balaban J connectivity index is 1.91. The number of nitrogens with zero attached hydrogens (tertiary/aromatic N) is 2. The fourth-order valence-electron chi connectivity index (χ4n) is 4.36. The average molecular weight is 453 g/mol. The number of carbonyl (C=O) groups is 2. The molecule has 0 bridgehead atoms. The zero-order valence-corrected chi connectivity index (χ0v) is 18.1. The Bertz CT molecular complexity index is 1170. The number of nitrogens with two attached hydrogens (primary N) is 1. The number of primary amides is 1. The number of anilines is 1. The summed E-state index contributed by atoms with van der Waals surface area (Å²) < 4.78 is 14.6. The van der Waals surface area contributed by atoms with Crippen LogP contribution in [0.5, 0.6) is 0 Å². The maximum atomic E-state index is 14.6. The molecule has 1 aromatic heterocycles. The normalized spacial score (nSPS) is 15.7. The Morgan fingerprint density at radius 3 is 2.66 bits per heavy atom. The highest BCUT2D eigenvalue weighted by Gasteiger charge is 2.41. The van der Waals surface area contributed by atoms with Crippen molar-refractivity contribution < 1.29 is 14.0 Å². The zero-order valence-electron chi connectivity index (χ0n) is 17.4. The molecule has 6 nitrogen and oxygen atoms in total. The van der Waals surface area contributed by atoms with E-state index in [1.54, 1.807) is 55.7 Å². The molecular formula is C24H22ClFN4O2. The summed E-state index contributed by atoms with van der Waals surface area (Å²) in [6, 6.07) is 13.4. The van der Waals surface area contributed by atoms with Gasteiger partial charge in [0.2, 0.25) is 5.91 Å². The summed E-state index contributed by atoms with van der Waals surface area (Å²) in [5.41, 5.74) is 7.77. The van der Waals surface area contributed by atoms with Crippen molar-refractivity contribution in [3.05, 3.63) is 93.9 Å². The molecule has 2 aromatic carbocycles. The fraction of sp³-hybridized carbons (Fsp3) is 0.208. The van der Waals surface area contributed by atoms with Crippen LogP contribution in [0.1, 0.15) is 45.6 Å². The molecule has 32 heavy (non-hydrogen) atoms. The molecule has 1 aliphatic carbocycles. The van der Waals surface area contributed by atoms with Crippen LogP contribution in [0.2, 0.25) is 5.02 Å². The Hall–Kier alpha value is -3.45. The lowest BCUT2D eigenvalue weighted by Gasteiger charge is -2.36. The van der Waals surface area contributed by atoms with Crippen LogP contribution in [0, 0.1) is 5.82 Å². The summed E-state index contributed by atoms with van der Waals surface area (Å²) in [5.74, 6) is -1.17. The molecule has 4 rings (SSSR count). The van der Waals surface area contributed by atoms with E-state index >= 15 is 0 Å². The van der Waals surface area contributed by atoms with Gasteiger partial charge in [-0.25, -0.2) is 9.37 Å². The third-order valence-corrected chi connectivity index (χ3v) is 5.95. The topological polar surface area (TPSA) is 88.3 Å². The first-order chi connectivity index (χ1) is 15.4. The van der Waals surface area contributed by atoms with Crippen molar-refractivity contribution in [3.63, 3.8) is 0 Å². The van der Waals surface area contributed by atoms with Crippen LogP contribution in [0.15, 0.2) is 60.8 Å². The lowest BCUT2D eigenvalue weighted by Crippen LogP contribution is -2.43. The molecule has 0 radical (unpaired) electrons. The van der Waals surface area contributed by atoms with E-state index in [0.717, 1.165) is 0 Å². The molecule has 2 atom stereocenters. The smallest absolute Gasteiger partial charge is 0.259 e. The molecular weight excluding hydrogens is 431 g/mol. The number of carbonyl (C=O) groups excluding carboxylic acids is 2. The highest BCUT2D eigenvalue weighted by Crippen LogP contribution is 2.43. The van der Waals surface area contributed by atoms with Crippen LogP contribution in [0.25, 0.3) is 0 Å². The summed E-state index contributed by atoms with van der Waals surface area (Å²) in [7, 11) is 1.66. The van der Waals surface area contributed by atoms with Gasteiger partial charge in [0, 0.05) is 18.3 Å². The molecule has 0 saturated heterocycles. The van der Waals surface area contributed by atoms with Gasteiger partial charge in [0.15, 0.2) is 0 Å². The minimum Gasteiger partial charge on any atom is -0.372 e. The van der Waals surface area contributed by atoms with E-state index in [4.69, 9.17) is 17.3 Å². The van der Waals surface area contributed by atoms with Crippen LogP contribution in [-0.2, 0) is 11.2 Å². The molecule has 3 aromatic rings. The first kappa shape index (κ1) is 21.8. The minimum atomic E-state index is -1.06.